The molecule has 1 N–H and O–H groups in total. The van der Waals surface area contributed by atoms with E-state index in [-0.39, 0.29) is 11.3 Å². The van der Waals surface area contributed by atoms with Crippen LogP contribution in [0.2, 0.25) is 0 Å². The molecule has 0 radical (unpaired) electrons. The summed E-state index contributed by atoms with van der Waals surface area (Å²) in [5.74, 6) is -0.783. The molecule has 1 atom stereocenters. The minimum absolute atomic E-state index is 0.181. The monoisotopic (exact) mass is 214 g/mol. The largest absolute Gasteiger partial charge is 0.425 e. The van der Waals surface area contributed by atoms with Gasteiger partial charge >= 0.3 is 5.97 Å². The third kappa shape index (κ3) is 1.28. The number of carbonyl (C=O) groups excluding carboxylic acids is 1. The Morgan fingerprint density at radius 2 is 1.93 bits per heavy atom. The van der Waals surface area contributed by atoms with Crippen molar-refractivity contribution in [1.29, 1.82) is 0 Å². The second-order valence-corrected chi connectivity index (χ2v) is 4.36. The molecule has 74 valence electrons. The van der Waals surface area contributed by atoms with Gasteiger partial charge in [0.2, 0.25) is 5.25 Å². The molecule has 0 aromatic heterocycles. The molecule has 1 aliphatic rings. The third-order valence-corrected chi connectivity index (χ3v) is 2.97. The number of rotatable bonds is 1. The number of para-hydroxylation sites is 1. The smallest absolute Gasteiger partial charge is 0.337 e. The van der Waals surface area contributed by atoms with E-state index in [1.165, 1.54) is 12.1 Å². The predicted octanol–water partition coefficient (Wildman–Crippen LogP) is 0.534. The van der Waals surface area contributed by atoms with Gasteiger partial charge in [0.25, 0.3) is 10.1 Å². The Kier molecular flexibility index (Phi) is 1.83. The lowest BCUT2D eigenvalue weighted by molar-refractivity contribution is -0.132. The molecule has 5 nitrogen and oxygen atoms in total. The lowest BCUT2D eigenvalue weighted by Crippen LogP contribution is -2.19. The van der Waals surface area contributed by atoms with Crippen molar-refractivity contribution in [2.45, 2.75) is 5.25 Å². The van der Waals surface area contributed by atoms with Crippen LogP contribution in [0.25, 0.3) is 0 Å². The fourth-order valence-electron chi connectivity index (χ4n) is 1.36. The molecule has 2 rings (SSSR count). The quantitative estimate of drug-likeness (QED) is 0.419. The fourth-order valence-corrected chi connectivity index (χ4v) is 2.17. The highest BCUT2D eigenvalue weighted by Gasteiger charge is 2.42. The molecule has 0 aliphatic carbocycles. The molecule has 1 heterocycles. The Morgan fingerprint density at radius 3 is 2.57 bits per heavy atom. The zero-order valence-electron chi connectivity index (χ0n) is 6.88. The van der Waals surface area contributed by atoms with Crippen LogP contribution in [-0.4, -0.2) is 18.9 Å². The highest BCUT2D eigenvalue weighted by atomic mass is 32.2. The van der Waals surface area contributed by atoms with Crippen molar-refractivity contribution in [2.75, 3.05) is 0 Å². The summed E-state index contributed by atoms with van der Waals surface area (Å²) < 4.78 is 35.2. The summed E-state index contributed by atoms with van der Waals surface area (Å²) in [5, 5.41) is -1.60. The minimum Gasteiger partial charge on any atom is -0.425 e. The molecule has 0 bridgehead atoms. The molecule has 1 aliphatic heterocycles. The average Bonchev–Trinajstić information content (AvgIpc) is 2.38. The second kappa shape index (κ2) is 2.79. The van der Waals surface area contributed by atoms with Gasteiger partial charge in [-0.05, 0) is 6.07 Å². The standard InChI is InChI=1S/C8H6O5S/c9-8-7(14(10,11)12)5-3-1-2-4-6(5)13-8/h1-4,7H,(H,10,11,12). The number of fused-ring (bicyclic) bond motifs is 1. The van der Waals surface area contributed by atoms with Crippen molar-refractivity contribution in [3.05, 3.63) is 29.8 Å². The van der Waals surface area contributed by atoms with Gasteiger partial charge < -0.3 is 4.74 Å². The van der Waals surface area contributed by atoms with E-state index in [9.17, 15) is 13.2 Å². The van der Waals surface area contributed by atoms with Gasteiger partial charge in [-0.2, -0.15) is 8.42 Å². The van der Waals surface area contributed by atoms with E-state index in [1.807, 2.05) is 0 Å². The summed E-state index contributed by atoms with van der Waals surface area (Å²) in [7, 11) is -4.44. The highest BCUT2D eigenvalue weighted by Crippen LogP contribution is 2.37. The first-order valence-corrected chi connectivity index (χ1v) is 5.27. The molecule has 1 aromatic rings. The van der Waals surface area contributed by atoms with Gasteiger partial charge in [0.1, 0.15) is 5.75 Å². The Labute approximate surface area is 80.1 Å². The van der Waals surface area contributed by atoms with Gasteiger partial charge in [-0.15, -0.1) is 0 Å². The maximum absolute atomic E-state index is 11.1. The van der Waals surface area contributed by atoms with Crippen molar-refractivity contribution in [2.24, 2.45) is 0 Å². The molecular formula is C8H6O5S. The van der Waals surface area contributed by atoms with Crippen LogP contribution >= 0.6 is 0 Å². The summed E-state index contributed by atoms with van der Waals surface area (Å²) in [5.41, 5.74) is 0.181. The Morgan fingerprint density at radius 1 is 1.29 bits per heavy atom. The third-order valence-electron chi connectivity index (χ3n) is 1.92. The van der Waals surface area contributed by atoms with Crippen LogP contribution in [0.1, 0.15) is 10.8 Å². The van der Waals surface area contributed by atoms with Crippen LogP contribution in [0.15, 0.2) is 24.3 Å². The minimum atomic E-state index is -4.44. The van der Waals surface area contributed by atoms with Crippen LogP contribution in [0.5, 0.6) is 5.75 Å². The van der Waals surface area contributed by atoms with E-state index in [1.54, 1.807) is 12.1 Å². The van der Waals surface area contributed by atoms with Crippen LogP contribution in [0.4, 0.5) is 0 Å². The topological polar surface area (TPSA) is 80.7 Å². The highest BCUT2D eigenvalue weighted by molar-refractivity contribution is 7.86. The first kappa shape index (κ1) is 9.17. The van der Waals surface area contributed by atoms with Gasteiger partial charge in [0.15, 0.2) is 0 Å². The molecule has 0 saturated heterocycles. The predicted molar refractivity (Wildman–Crippen MR) is 46.4 cm³/mol. The average molecular weight is 214 g/mol. The summed E-state index contributed by atoms with van der Waals surface area (Å²) in [6.45, 7) is 0. The lowest BCUT2D eigenvalue weighted by Gasteiger charge is -2.01. The number of hydrogen-bond donors (Lipinski definition) is 1. The normalized spacial score (nSPS) is 20.4. The number of carbonyl (C=O) groups is 1. The van der Waals surface area contributed by atoms with E-state index in [0.717, 1.165) is 0 Å². The van der Waals surface area contributed by atoms with Gasteiger partial charge in [-0.3, -0.25) is 4.55 Å². The Bertz CT molecular complexity index is 490. The maximum atomic E-state index is 11.1. The summed E-state index contributed by atoms with van der Waals surface area (Å²) in [4.78, 5) is 11.1. The van der Waals surface area contributed by atoms with Crippen LogP contribution < -0.4 is 4.74 Å². The summed E-state index contributed by atoms with van der Waals surface area (Å²) in [6, 6.07) is 6.08. The van der Waals surface area contributed by atoms with E-state index < -0.39 is 21.3 Å². The van der Waals surface area contributed by atoms with Gasteiger partial charge in [0.05, 0.1) is 0 Å². The number of esters is 1. The van der Waals surface area contributed by atoms with Crippen molar-refractivity contribution in [1.82, 2.24) is 0 Å². The van der Waals surface area contributed by atoms with Crippen LogP contribution in [0, 0.1) is 0 Å². The first-order chi connectivity index (χ1) is 6.50. The SMILES string of the molecule is O=C1Oc2ccccc2C1S(=O)(=O)O. The van der Waals surface area contributed by atoms with Crippen LogP contribution in [-0.2, 0) is 14.9 Å². The van der Waals surface area contributed by atoms with Crippen molar-refractivity contribution < 1.29 is 22.5 Å². The van der Waals surface area contributed by atoms with Crippen molar-refractivity contribution in [3.8, 4) is 5.75 Å². The zero-order valence-corrected chi connectivity index (χ0v) is 7.69. The summed E-state index contributed by atoms with van der Waals surface area (Å²) >= 11 is 0. The number of benzene rings is 1. The molecule has 0 saturated carbocycles. The lowest BCUT2D eigenvalue weighted by atomic mass is 10.2. The van der Waals surface area contributed by atoms with E-state index in [4.69, 9.17) is 4.55 Å². The van der Waals surface area contributed by atoms with Gasteiger partial charge in [-0.1, -0.05) is 18.2 Å². The first-order valence-electron chi connectivity index (χ1n) is 3.77. The fraction of sp³-hybridized carbons (Fsp3) is 0.125. The van der Waals surface area contributed by atoms with Crippen molar-refractivity contribution in [3.63, 3.8) is 0 Å². The molecule has 0 amide bonds. The molecule has 0 fully saturated rings. The summed E-state index contributed by atoms with van der Waals surface area (Å²) in [6.07, 6.45) is 0. The molecule has 1 aromatic carbocycles. The van der Waals surface area contributed by atoms with E-state index >= 15 is 0 Å². The van der Waals surface area contributed by atoms with E-state index in [2.05, 4.69) is 4.74 Å². The maximum Gasteiger partial charge on any atom is 0.337 e. The van der Waals surface area contributed by atoms with Crippen molar-refractivity contribution >= 4 is 16.1 Å². The second-order valence-electron chi connectivity index (χ2n) is 2.85. The molecule has 1 unspecified atom stereocenters. The number of ether oxygens (including phenoxy) is 1. The molecule has 6 heteroatoms. The Balaban J connectivity index is 2.61. The van der Waals surface area contributed by atoms with E-state index in [0.29, 0.717) is 0 Å². The molecule has 14 heavy (non-hydrogen) atoms. The Hall–Kier alpha value is -1.40. The van der Waals surface area contributed by atoms with Crippen LogP contribution in [0.3, 0.4) is 0 Å². The van der Waals surface area contributed by atoms with Gasteiger partial charge in [-0.25, -0.2) is 4.79 Å². The molecular weight excluding hydrogens is 208 g/mol. The van der Waals surface area contributed by atoms with Gasteiger partial charge in [0, 0.05) is 5.56 Å². The molecule has 0 spiro atoms. The number of hydrogen-bond acceptors (Lipinski definition) is 4. The zero-order chi connectivity index (χ0) is 10.3.